The molecule has 0 amide bonds. The quantitative estimate of drug-likeness (QED) is 0.728. The van der Waals surface area contributed by atoms with Gasteiger partial charge in [-0.3, -0.25) is 9.56 Å². The molecule has 23 heavy (non-hydrogen) atoms. The molecule has 0 atom stereocenters. The highest BCUT2D eigenvalue weighted by molar-refractivity contribution is 5.83. The molecule has 0 bridgehead atoms. The zero-order valence-corrected chi connectivity index (χ0v) is 14.6. The molecule has 120 valence electrons. The van der Waals surface area contributed by atoms with Gasteiger partial charge in [-0.1, -0.05) is 25.1 Å². The fraction of sp³-hybridized carbons (Fsp3) is 0.368. The number of hydrogen-bond donors (Lipinski definition) is 0. The van der Waals surface area contributed by atoms with Gasteiger partial charge in [-0.15, -0.1) is 0 Å². The Kier molecular flexibility index (Phi) is 4.07. The van der Waals surface area contributed by atoms with Crippen LogP contribution in [0.3, 0.4) is 0 Å². The van der Waals surface area contributed by atoms with Gasteiger partial charge in [-0.05, 0) is 44.9 Å². The third-order valence-electron chi connectivity index (χ3n) is 4.48. The fourth-order valence-corrected chi connectivity index (χ4v) is 3.01. The van der Waals surface area contributed by atoms with Crippen LogP contribution in [0, 0.1) is 20.8 Å². The molecule has 3 aromatic rings. The maximum absolute atomic E-state index is 4.87. The average molecular weight is 308 g/mol. The number of aromatic nitrogens is 3. The van der Waals surface area contributed by atoms with Crippen molar-refractivity contribution in [2.45, 2.75) is 34.1 Å². The summed E-state index contributed by atoms with van der Waals surface area (Å²) in [6, 6.07) is 10.4. The molecule has 1 aromatic carbocycles. The molecule has 0 fully saturated rings. The predicted molar refractivity (Wildman–Crippen MR) is 95.0 cm³/mol. The van der Waals surface area contributed by atoms with E-state index in [1.807, 2.05) is 20.0 Å². The molecule has 0 aliphatic heterocycles. The van der Waals surface area contributed by atoms with Crippen molar-refractivity contribution in [3.05, 3.63) is 52.9 Å². The first kappa shape index (κ1) is 15.5. The van der Waals surface area contributed by atoms with Gasteiger partial charge in [0.1, 0.15) is 11.3 Å². The minimum atomic E-state index is 0.835. The summed E-state index contributed by atoms with van der Waals surface area (Å²) in [5.74, 6) is 0.974. The van der Waals surface area contributed by atoms with E-state index < -0.39 is 0 Å². The summed E-state index contributed by atoms with van der Waals surface area (Å²) >= 11 is 0. The molecule has 4 heteroatoms. The molecule has 3 rings (SSSR count). The van der Waals surface area contributed by atoms with Crippen molar-refractivity contribution in [1.82, 2.24) is 14.1 Å². The molecule has 0 unspecified atom stereocenters. The molecule has 4 nitrogen and oxygen atoms in total. The van der Waals surface area contributed by atoms with Crippen molar-refractivity contribution in [2.24, 2.45) is 12.0 Å². The molecule has 2 aromatic heterocycles. The second kappa shape index (κ2) is 6.03. The molecular formula is C19H24N4. The SMILES string of the molecule is CCC/N=c1/c2c(C)c(C)n(-c3ccccc3)c2nc(C)n1C. The monoisotopic (exact) mass is 308 g/mol. The van der Waals surface area contributed by atoms with Crippen LogP contribution in [-0.4, -0.2) is 20.7 Å². The number of nitrogens with zero attached hydrogens (tertiary/aromatic N) is 4. The van der Waals surface area contributed by atoms with Crippen LogP contribution >= 0.6 is 0 Å². The van der Waals surface area contributed by atoms with Crippen LogP contribution in [0.5, 0.6) is 0 Å². The van der Waals surface area contributed by atoms with Gasteiger partial charge >= 0.3 is 0 Å². The Balaban J connectivity index is 2.47. The maximum atomic E-state index is 4.87. The van der Waals surface area contributed by atoms with Crippen LogP contribution in [0.4, 0.5) is 0 Å². The van der Waals surface area contributed by atoms with E-state index in [1.54, 1.807) is 0 Å². The largest absolute Gasteiger partial charge is 0.318 e. The van der Waals surface area contributed by atoms with Crippen molar-refractivity contribution < 1.29 is 0 Å². The lowest BCUT2D eigenvalue weighted by atomic mass is 10.2. The van der Waals surface area contributed by atoms with E-state index in [4.69, 9.17) is 9.98 Å². The van der Waals surface area contributed by atoms with Gasteiger partial charge in [0, 0.05) is 25.0 Å². The number of aryl methyl sites for hydroxylation is 2. The van der Waals surface area contributed by atoms with Gasteiger partial charge in [0.2, 0.25) is 0 Å². The predicted octanol–water partition coefficient (Wildman–Crippen LogP) is 3.60. The van der Waals surface area contributed by atoms with Crippen LogP contribution in [0.15, 0.2) is 35.3 Å². The van der Waals surface area contributed by atoms with Crippen LogP contribution in [0.2, 0.25) is 0 Å². The highest BCUT2D eigenvalue weighted by Gasteiger charge is 2.17. The van der Waals surface area contributed by atoms with Crippen molar-refractivity contribution in [3.8, 4) is 5.69 Å². The first-order valence-electron chi connectivity index (χ1n) is 8.17. The average Bonchev–Trinajstić information content (AvgIpc) is 2.80. The normalized spacial score (nSPS) is 12.3. The molecule has 0 aliphatic carbocycles. The Bertz CT molecular complexity index is 914. The summed E-state index contributed by atoms with van der Waals surface area (Å²) in [7, 11) is 2.05. The van der Waals surface area contributed by atoms with Gasteiger partial charge in [0.25, 0.3) is 0 Å². The van der Waals surface area contributed by atoms with Gasteiger partial charge in [-0.25, -0.2) is 4.98 Å². The van der Waals surface area contributed by atoms with E-state index in [9.17, 15) is 0 Å². The van der Waals surface area contributed by atoms with Crippen LogP contribution < -0.4 is 5.49 Å². The summed E-state index contributed by atoms with van der Waals surface area (Å²) in [6.07, 6.45) is 1.04. The Hall–Kier alpha value is -2.36. The van der Waals surface area contributed by atoms with Gasteiger partial charge in [0.15, 0.2) is 5.65 Å². The second-order valence-electron chi connectivity index (χ2n) is 6.00. The van der Waals surface area contributed by atoms with Crippen LogP contribution in [0.1, 0.15) is 30.4 Å². The second-order valence-corrected chi connectivity index (χ2v) is 6.00. The van der Waals surface area contributed by atoms with E-state index in [2.05, 4.69) is 54.2 Å². The zero-order valence-electron chi connectivity index (χ0n) is 14.6. The van der Waals surface area contributed by atoms with Gasteiger partial charge < -0.3 is 4.57 Å². The van der Waals surface area contributed by atoms with Gasteiger partial charge in [0.05, 0.1) is 5.39 Å². The number of fused-ring (bicyclic) bond motifs is 1. The van der Waals surface area contributed by atoms with Crippen LogP contribution in [0.25, 0.3) is 16.7 Å². The minimum Gasteiger partial charge on any atom is -0.318 e. The van der Waals surface area contributed by atoms with E-state index >= 15 is 0 Å². The van der Waals surface area contributed by atoms with Crippen molar-refractivity contribution >= 4 is 11.0 Å². The van der Waals surface area contributed by atoms with Gasteiger partial charge in [-0.2, -0.15) is 0 Å². The van der Waals surface area contributed by atoms with Crippen molar-refractivity contribution in [1.29, 1.82) is 0 Å². The van der Waals surface area contributed by atoms with E-state index in [1.165, 1.54) is 11.3 Å². The van der Waals surface area contributed by atoms with E-state index in [0.717, 1.165) is 41.0 Å². The Morgan fingerprint density at radius 3 is 2.43 bits per heavy atom. The lowest BCUT2D eigenvalue weighted by molar-refractivity contribution is 0.746. The maximum Gasteiger partial charge on any atom is 0.150 e. The number of rotatable bonds is 3. The summed E-state index contributed by atoms with van der Waals surface area (Å²) < 4.78 is 4.34. The standard InChI is InChI=1S/C19H24N4/c1-6-12-20-18-17-13(2)14(3)23(16-10-8-7-9-11-16)19(17)21-15(4)22(18)5/h7-11H,6,12H2,1-5H3/b20-18-. The summed E-state index contributed by atoms with van der Waals surface area (Å²) in [6.45, 7) is 9.35. The third-order valence-corrected chi connectivity index (χ3v) is 4.48. The summed E-state index contributed by atoms with van der Waals surface area (Å²) in [5.41, 5.74) is 5.64. The topological polar surface area (TPSA) is 35.1 Å². The fourth-order valence-electron chi connectivity index (χ4n) is 3.01. The molecule has 0 spiro atoms. The van der Waals surface area contributed by atoms with Crippen molar-refractivity contribution in [3.63, 3.8) is 0 Å². The Morgan fingerprint density at radius 2 is 1.78 bits per heavy atom. The molecule has 0 aliphatic rings. The first-order chi connectivity index (χ1) is 11.1. The van der Waals surface area contributed by atoms with E-state index in [0.29, 0.717) is 0 Å². The summed E-state index contributed by atoms with van der Waals surface area (Å²) in [5, 5.41) is 1.16. The highest BCUT2D eigenvalue weighted by atomic mass is 15.1. The molecule has 2 heterocycles. The lowest BCUT2D eigenvalue weighted by Gasteiger charge is -2.10. The molecule has 0 saturated heterocycles. The first-order valence-corrected chi connectivity index (χ1v) is 8.17. The molecule has 0 N–H and O–H groups in total. The lowest BCUT2D eigenvalue weighted by Crippen LogP contribution is -2.23. The molecule has 0 radical (unpaired) electrons. The zero-order chi connectivity index (χ0) is 16.6. The number of hydrogen-bond acceptors (Lipinski definition) is 2. The number of benzene rings is 1. The van der Waals surface area contributed by atoms with Crippen LogP contribution in [-0.2, 0) is 7.05 Å². The summed E-state index contributed by atoms with van der Waals surface area (Å²) in [4.78, 5) is 9.70. The minimum absolute atomic E-state index is 0.835. The molecular weight excluding hydrogens is 284 g/mol. The Morgan fingerprint density at radius 1 is 1.09 bits per heavy atom. The molecule has 0 saturated carbocycles. The third kappa shape index (κ3) is 2.48. The number of para-hydroxylation sites is 1. The highest BCUT2D eigenvalue weighted by Crippen LogP contribution is 2.25. The van der Waals surface area contributed by atoms with E-state index in [-0.39, 0.29) is 0 Å². The Labute approximate surface area is 137 Å². The van der Waals surface area contributed by atoms with Crippen molar-refractivity contribution in [2.75, 3.05) is 6.54 Å². The smallest absolute Gasteiger partial charge is 0.150 e.